The van der Waals surface area contributed by atoms with E-state index in [1.807, 2.05) is 25.7 Å². The summed E-state index contributed by atoms with van der Waals surface area (Å²) in [4.78, 5) is 13.9. The highest BCUT2D eigenvalue weighted by Crippen LogP contribution is 2.50. The predicted octanol–water partition coefficient (Wildman–Crippen LogP) is 3.59. The fraction of sp³-hybridized carbons (Fsp3) is 0.938. The Hall–Kier alpha value is -0.770. The van der Waals surface area contributed by atoms with E-state index in [-0.39, 0.29) is 6.09 Å². The van der Waals surface area contributed by atoms with Gasteiger partial charge in [0.2, 0.25) is 0 Å². The number of ether oxygens (including phenoxy) is 2. The molecule has 116 valence electrons. The highest BCUT2D eigenvalue weighted by molar-refractivity contribution is 5.68. The molecule has 1 heterocycles. The van der Waals surface area contributed by atoms with Crippen LogP contribution in [0.2, 0.25) is 0 Å². The molecule has 0 atom stereocenters. The van der Waals surface area contributed by atoms with Crippen molar-refractivity contribution in [3.63, 3.8) is 0 Å². The van der Waals surface area contributed by atoms with Gasteiger partial charge in [-0.05, 0) is 58.3 Å². The maximum atomic E-state index is 12.0. The van der Waals surface area contributed by atoms with E-state index in [1.165, 1.54) is 12.8 Å². The number of rotatable bonds is 3. The Balaban J connectivity index is 1.72. The summed E-state index contributed by atoms with van der Waals surface area (Å²) in [6.45, 7) is 10.4. The molecular formula is C16H29NO3. The number of carbonyl (C=O) groups is 1. The summed E-state index contributed by atoms with van der Waals surface area (Å²) in [5.74, 6) is 0. The SMILES string of the molecule is CCCOC1CC2(CCN(C(=O)OC(C)(C)C)CC2)C1. The van der Waals surface area contributed by atoms with Crippen molar-refractivity contribution in [3.8, 4) is 0 Å². The summed E-state index contributed by atoms with van der Waals surface area (Å²) in [5.41, 5.74) is 0.0404. The molecule has 0 unspecified atom stereocenters. The minimum absolute atomic E-state index is 0.162. The van der Waals surface area contributed by atoms with Crippen molar-refractivity contribution in [2.45, 2.75) is 71.5 Å². The highest BCUT2D eigenvalue weighted by Gasteiger charge is 2.47. The van der Waals surface area contributed by atoms with Crippen LogP contribution in [0.15, 0.2) is 0 Å². The Labute approximate surface area is 122 Å². The molecule has 1 saturated heterocycles. The quantitative estimate of drug-likeness (QED) is 0.794. The number of hydrogen-bond acceptors (Lipinski definition) is 3. The second kappa shape index (κ2) is 5.92. The average Bonchev–Trinajstić information content (AvgIpc) is 2.32. The zero-order valence-corrected chi connectivity index (χ0v) is 13.4. The lowest BCUT2D eigenvalue weighted by Crippen LogP contribution is -2.51. The molecule has 4 heteroatoms. The normalized spacial score (nSPS) is 22.7. The van der Waals surface area contributed by atoms with Gasteiger partial charge in [-0.15, -0.1) is 0 Å². The molecule has 1 amide bonds. The molecule has 2 aliphatic rings. The van der Waals surface area contributed by atoms with Gasteiger partial charge in [0.05, 0.1) is 6.10 Å². The number of amides is 1. The second-order valence-corrected chi connectivity index (χ2v) is 7.37. The lowest BCUT2D eigenvalue weighted by Gasteiger charge is -2.51. The van der Waals surface area contributed by atoms with Crippen LogP contribution in [0, 0.1) is 5.41 Å². The monoisotopic (exact) mass is 283 g/mol. The molecule has 0 aromatic carbocycles. The molecule has 0 aromatic rings. The molecule has 0 bridgehead atoms. The molecule has 0 radical (unpaired) electrons. The van der Waals surface area contributed by atoms with E-state index >= 15 is 0 Å². The third-order valence-electron chi connectivity index (χ3n) is 4.35. The second-order valence-electron chi connectivity index (χ2n) is 7.37. The largest absolute Gasteiger partial charge is 0.444 e. The van der Waals surface area contributed by atoms with Crippen LogP contribution in [0.25, 0.3) is 0 Å². The van der Waals surface area contributed by atoms with Crippen LogP contribution in [-0.4, -0.2) is 42.4 Å². The molecule has 1 aliphatic carbocycles. The number of piperidine rings is 1. The van der Waals surface area contributed by atoms with E-state index in [9.17, 15) is 4.79 Å². The zero-order chi connectivity index (χ0) is 14.8. The smallest absolute Gasteiger partial charge is 0.410 e. The van der Waals surface area contributed by atoms with E-state index in [2.05, 4.69) is 6.92 Å². The van der Waals surface area contributed by atoms with Crippen LogP contribution in [0.4, 0.5) is 4.79 Å². The molecule has 0 aromatic heterocycles. The molecule has 1 saturated carbocycles. The molecular weight excluding hydrogens is 254 g/mol. The minimum atomic E-state index is -0.401. The summed E-state index contributed by atoms with van der Waals surface area (Å²) in [6.07, 6.45) is 5.94. The molecule has 1 spiro atoms. The standard InChI is InChI=1S/C16H29NO3/c1-5-10-19-13-11-16(12-13)6-8-17(9-7-16)14(18)20-15(2,3)4/h13H,5-12H2,1-4H3. The number of hydrogen-bond donors (Lipinski definition) is 0. The van der Waals surface area contributed by atoms with Gasteiger partial charge in [0, 0.05) is 19.7 Å². The van der Waals surface area contributed by atoms with Crippen molar-refractivity contribution in [1.82, 2.24) is 4.90 Å². The van der Waals surface area contributed by atoms with Gasteiger partial charge in [-0.25, -0.2) is 4.79 Å². The van der Waals surface area contributed by atoms with Crippen molar-refractivity contribution >= 4 is 6.09 Å². The van der Waals surface area contributed by atoms with Gasteiger partial charge in [0.25, 0.3) is 0 Å². The zero-order valence-electron chi connectivity index (χ0n) is 13.4. The van der Waals surface area contributed by atoms with Gasteiger partial charge in [-0.1, -0.05) is 6.92 Å². The third kappa shape index (κ3) is 3.87. The summed E-state index contributed by atoms with van der Waals surface area (Å²) in [7, 11) is 0. The lowest BCUT2D eigenvalue weighted by atomic mass is 9.61. The van der Waals surface area contributed by atoms with Crippen molar-refractivity contribution in [2.75, 3.05) is 19.7 Å². The van der Waals surface area contributed by atoms with Gasteiger partial charge in [-0.2, -0.15) is 0 Å². The predicted molar refractivity (Wildman–Crippen MR) is 78.7 cm³/mol. The third-order valence-corrected chi connectivity index (χ3v) is 4.35. The summed E-state index contributed by atoms with van der Waals surface area (Å²) >= 11 is 0. The van der Waals surface area contributed by atoms with Crippen molar-refractivity contribution in [2.24, 2.45) is 5.41 Å². The summed E-state index contributed by atoms with van der Waals surface area (Å²) in [5, 5.41) is 0. The maximum absolute atomic E-state index is 12.0. The Kier molecular flexibility index (Phi) is 4.62. The van der Waals surface area contributed by atoms with Crippen LogP contribution in [-0.2, 0) is 9.47 Å². The van der Waals surface area contributed by atoms with E-state index in [0.29, 0.717) is 11.5 Å². The van der Waals surface area contributed by atoms with Crippen LogP contribution >= 0.6 is 0 Å². The van der Waals surface area contributed by atoms with Gasteiger partial charge in [0.15, 0.2) is 0 Å². The number of likely N-dealkylation sites (tertiary alicyclic amines) is 1. The van der Waals surface area contributed by atoms with E-state index in [0.717, 1.165) is 39.0 Å². The molecule has 1 aliphatic heterocycles. The topological polar surface area (TPSA) is 38.8 Å². The Morgan fingerprint density at radius 3 is 2.35 bits per heavy atom. The van der Waals surface area contributed by atoms with Gasteiger partial charge in [-0.3, -0.25) is 0 Å². The average molecular weight is 283 g/mol. The van der Waals surface area contributed by atoms with Crippen molar-refractivity contribution < 1.29 is 14.3 Å². The minimum Gasteiger partial charge on any atom is -0.444 e. The van der Waals surface area contributed by atoms with Crippen LogP contribution < -0.4 is 0 Å². The fourth-order valence-electron chi connectivity index (χ4n) is 3.21. The fourth-order valence-corrected chi connectivity index (χ4v) is 3.21. The first-order valence-electron chi connectivity index (χ1n) is 7.93. The van der Waals surface area contributed by atoms with Crippen LogP contribution in [0.3, 0.4) is 0 Å². The Morgan fingerprint density at radius 1 is 1.25 bits per heavy atom. The number of nitrogens with zero attached hydrogens (tertiary/aromatic N) is 1. The van der Waals surface area contributed by atoms with Crippen molar-refractivity contribution in [1.29, 1.82) is 0 Å². The van der Waals surface area contributed by atoms with Gasteiger partial charge < -0.3 is 14.4 Å². The van der Waals surface area contributed by atoms with Gasteiger partial charge >= 0.3 is 6.09 Å². The molecule has 2 rings (SSSR count). The number of carbonyl (C=O) groups excluding carboxylic acids is 1. The molecule has 0 N–H and O–H groups in total. The Morgan fingerprint density at radius 2 is 1.85 bits per heavy atom. The first-order valence-corrected chi connectivity index (χ1v) is 7.93. The molecule has 20 heavy (non-hydrogen) atoms. The Bertz CT molecular complexity index is 332. The van der Waals surface area contributed by atoms with Crippen LogP contribution in [0.5, 0.6) is 0 Å². The van der Waals surface area contributed by atoms with Crippen molar-refractivity contribution in [3.05, 3.63) is 0 Å². The maximum Gasteiger partial charge on any atom is 0.410 e. The van der Waals surface area contributed by atoms with Crippen LogP contribution in [0.1, 0.15) is 59.8 Å². The summed E-state index contributed by atoms with van der Waals surface area (Å²) in [6, 6.07) is 0. The van der Waals surface area contributed by atoms with Gasteiger partial charge in [0.1, 0.15) is 5.60 Å². The van der Waals surface area contributed by atoms with E-state index in [4.69, 9.17) is 9.47 Å². The van der Waals surface area contributed by atoms with E-state index in [1.54, 1.807) is 0 Å². The summed E-state index contributed by atoms with van der Waals surface area (Å²) < 4.78 is 11.2. The first-order chi connectivity index (χ1) is 9.34. The lowest BCUT2D eigenvalue weighted by molar-refractivity contribution is -0.104. The molecule has 4 nitrogen and oxygen atoms in total. The van der Waals surface area contributed by atoms with E-state index < -0.39 is 5.60 Å². The highest BCUT2D eigenvalue weighted by atomic mass is 16.6. The molecule has 2 fully saturated rings. The first kappa shape index (κ1) is 15.6.